The monoisotopic (exact) mass is 784 g/mol. The molecule has 0 fully saturated rings. The molecule has 0 aliphatic rings. The van der Waals surface area contributed by atoms with Crippen LogP contribution in [0.15, 0.2) is 119 Å². The van der Waals surface area contributed by atoms with Gasteiger partial charge in [0.2, 0.25) is 0 Å². The molecule has 12 heteroatoms. The standard InChI is InChI=1S/C28H32N2O3.C12H9BrN2O3S/c1-27(2,3)30(26(32)33-28(4,5)6)22-18-16-21(17-19-22)29-25(31)24-15-11-10-14-23(24)20-12-8-7-9-13-20;13-9-5-6-19-10(9)11(16)14-7-1-3-8(4-2-7)15-12(17)18/h7-19H,1-6H3,(H,29,31);1-6,15H,(H,14,16)(H,17,18). The van der Waals surface area contributed by atoms with Crippen molar-refractivity contribution in [2.75, 3.05) is 20.9 Å². The Labute approximate surface area is 316 Å². The number of ether oxygens (including phenoxy) is 1. The molecular formula is C40H41BrN4O6S. The number of carbonyl (C=O) groups excluding carboxylic acids is 3. The number of anilines is 4. The van der Waals surface area contributed by atoms with E-state index in [1.165, 1.54) is 11.3 Å². The molecule has 0 bridgehead atoms. The van der Waals surface area contributed by atoms with Crippen LogP contribution >= 0.6 is 27.3 Å². The maximum absolute atomic E-state index is 13.1. The average molecular weight is 786 g/mol. The van der Waals surface area contributed by atoms with Crippen LogP contribution in [-0.4, -0.2) is 40.2 Å². The molecule has 5 rings (SSSR count). The molecule has 4 N–H and O–H groups in total. The summed E-state index contributed by atoms with van der Waals surface area (Å²) in [6, 6.07) is 32.8. The summed E-state index contributed by atoms with van der Waals surface area (Å²) >= 11 is 4.63. The minimum atomic E-state index is -1.13. The molecule has 1 heterocycles. The Morgan fingerprint density at radius 3 is 1.71 bits per heavy atom. The maximum atomic E-state index is 13.1. The molecule has 0 saturated heterocycles. The van der Waals surface area contributed by atoms with Crippen LogP contribution in [0.2, 0.25) is 0 Å². The molecule has 0 spiro atoms. The molecule has 0 aliphatic heterocycles. The largest absolute Gasteiger partial charge is 0.465 e. The first-order valence-electron chi connectivity index (χ1n) is 16.3. The first-order chi connectivity index (χ1) is 24.5. The highest BCUT2D eigenvalue weighted by molar-refractivity contribution is 9.10. The van der Waals surface area contributed by atoms with Crippen molar-refractivity contribution >= 4 is 74.0 Å². The maximum Gasteiger partial charge on any atom is 0.415 e. The van der Waals surface area contributed by atoms with Gasteiger partial charge in [-0.3, -0.25) is 19.8 Å². The first-order valence-corrected chi connectivity index (χ1v) is 17.9. The van der Waals surface area contributed by atoms with E-state index >= 15 is 0 Å². The van der Waals surface area contributed by atoms with Crippen molar-refractivity contribution in [2.24, 2.45) is 0 Å². The minimum absolute atomic E-state index is 0.193. The second kappa shape index (κ2) is 17.2. The van der Waals surface area contributed by atoms with Crippen molar-refractivity contribution in [3.05, 3.63) is 129 Å². The second-order valence-corrected chi connectivity index (χ2v) is 15.2. The van der Waals surface area contributed by atoms with Crippen molar-refractivity contribution in [3.8, 4) is 11.1 Å². The lowest BCUT2D eigenvalue weighted by Crippen LogP contribution is -2.48. The molecule has 0 saturated carbocycles. The summed E-state index contributed by atoms with van der Waals surface area (Å²) in [4.78, 5) is 50.5. The molecule has 4 amide bonds. The van der Waals surface area contributed by atoms with E-state index in [4.69, 9.17) is 9.84 Å². The lowest BCUT2D eigenvalue weighted by Gasteiger charge is -2.36. The predicted octanol–water partition coefficient (Wildman–Crippen LogP) is 11.0. The van der Waals surface area contributed by atoms with Crippen LogP contribution in [0, 0.1) is 0 Å². The van der Waals surface area contributed by atoms with Gasteiger partial charge < -0.3 is 20.5 Å². The van der Waals surface area contributed by atoms with Gasteiger partial charge in [-0.2, -0.15) is 0 Å². The predicted molar refractivity (Wildman–Crippen MR) is 213 cm³/mol. The molecule has 10 nitrogen and oxygen atoms in total. The van der Waals surface area contributed by atoms with E-state index < -0.39 is 23.3 Å². The summed E-state index contributed by atoms with van der Waals surface area (Å²) in [7, 11) is 0. The molecular weight excluding hydrogens is 744 g/mol. The molecule has 5 aromatic rings. The zero-order chi connectivity index (χ0) is 38.1. The average Bonchev–Trinajstić information content (AvgIpc) is 3.51. The highest BCUT2D eigenvalue weighted by Crippen LogP contribution is 2.29. The second-order valence-electron chi connectivity index (χ2n) is 13.5. The Morgan fingerprint density at radius 2 is 1.19 bits per heavy atom. The Kier molecular flexibility index (Phi) is 13.0. The van der Waals surface area contributed by atoms with Crippen LogP contribution in [0.4, 0.5) is 32.3 Å². The number of nitrogens with zero attached hydrogens (tertiary/aromatic N) is 1. The number of nitrogens with one attached hydrogen (secondary N) is 3. The molecule has 0 radical (unpaired) electrons. The number of carboxylic acid groups (broad SMARTS) is 1. The molecule has 4 aromatic carbocycles. The van der Waals surface area contributed by atoms with Gasteiger partial charge in [0.1, 0.15) is 10.5 Å². The van der Waals surface area contributed by atoms with E-state index in [9.17, 15) is 19.2 Å². The fourth-order valence-electron chi connectivity index (χ4n) is 4.92. The number of amides is 4. The Morgan fingerprint density at radius 1 is 0.673 bits per heavy atom. The summed E-state index contributed by atoms with van der Waals surface area (Å²) in [5, 5.41) is 18.3. The molecule has 270 valence electrons. The Bertz CT molecular complexity index is 2000. The molecule has 1 aromatic heterocycles. The van der Waals surface area contributed by atoms with E-state index in [0.29, 0.717) is 33.2 Å². The topological polar surface area (TPSA) is 137 Å². The molecule has 52 heavy (non-hydrogen) atoms. The van der Waals surface area contributed by atoms with Crippen LogP contribution in [0.3, 0.4) is 0 Å². The van der Waals surface area contributed by atoms with E-state index in [1.54, 1.807) is 47.4 Å². The number of halogens is 1. The number of rotatable bonds is 7. The van der Waals surface area contributed by atoms with Crippen molar-refractivity contribution < 1.29 is 29.0 Å². The van der Waals surface area contributed by atoms with Crippen molar-refractivity contribution in [3.63, 3.8) is 0 Å². The van der Waals surface area contributed by atoms with Gasteiger partial charge in [0.15, 0.2) is 0 Å². The fourth-order valence-corrected chi connectivity index (χ4v) is 6.37. The lowest BCUT2D eigenvalue weighted by molar-refractivity contribution is 0.0550. The van der Waals surface area contributed by atoms with Gasteiger partial charge >= 0.3 is 12.2 Å². The summed E-state index contributed by atoms with van der Waals surface area (Å²) < 4.78 is 6.36. The summed E-state index contributed by atoms with van der Waals surface area (Å²) in [5.74, 6) is -0.400. The highest BCUT2D eigenvalue weighted by Gasteiger charge is 2.32. The Balaban J connectivity index is 0.000000269. The summed E-state index contributed by atoms with van der Waals surface area (Å²) in [5.41, 5.74) is 3.75. The first kappa shape index (κ1) is 39.3. The van der Waals surface area contributed by atoms with Crippen molar-refractivity contribution in [1.82, 2.24) is 0 Å². The normalized spacial score (nSPS) is 11.0. The van der Waals surface area contributed by atoms with Crippen LogP contribution in [0.1, 0.15) is 61.6 Å². The smallest absolute Gasteiger partial charge is 0.415 e. The number of benzene rings is 4. The van der Waals surface area contributed by atoms with Gasteiger partial charge in [-0.15, -0.1) is 11.3 Å². The zero-order valence-electron chi connectivity index (χ0n) is 29.7. The van der Waals surface area contributed by atoms with E-state index in [2.05, 4.69) is 31.9 Å². The quantitative estimate of drug-likeness (QED) is 0.130. The highest BCUT2D eigenvalue weighted by atomic mass is 79.9. The van der Waals surface area contributed by atoms with Gasteiger partial charge in [-0.05, 0) is 135 Å². The summed E-state index contributed by atoms with van der Waals surface area (Å²) in [6.45, 7) is 11.4. The molecule has 0 unspecified atom stereocenters. The van der Waals surface area contributed by atoms with Gasteiger partial charge in [0.05, 0.1) is 0 Å². The van der Waals surface area contributed by atoms with Crippen molar-refractivity contribution in [2.45, 2.75) is 52.7 Å². The van der Waals surface area contributed by atoms with E-state index in [-0.39, 0.29) is 11.8 Å². The Hall–Kier alpha value is -5.46. The zero-order valence-corrected chi connectivity index (χ0v) is 32.1. The third-order valence-corrected chi connectivity index (χ3v) is 8.94. The van der Waals surface area contributed by atoms with Crippen LogP contribution in [0.25, 0.3) is 11.1 Å². The van der Waals surface area contributed by atoms with Gasteiger partial charge in [-0.25, -0.2) is 9.59 Å². The number of hydrogen-bond acceptors (Lipinski definition) is 6. The van der Waals surface area contributed by atoms with E-state index in [1.807, 2.05) is 114 Å². The van der Waals surface area contributed by atoms with Crippen LogP contribution in [0.5, 0.6) is 0 Å². The summed E-state index contributed by atoms with van der Waals surface area (Å²) in [6.07, 6.45) is -1.54. The SMILES string of the molecule is CC(C)(C)OC(=O)N(c1ccc(NC(=O)c2ccccc2-c2ccccc2)cc1)C(C)(C)C.O=C(O)Nc1ccc(NC(=O)c2sccc2Br)cc1. The third-order valence-electron chi connectivity index (χ3n) is 7.10. The number of hydrogen-bond donors (Lipinski definition) is 4. The molecule has 0 aliphatic carbocycles. The van der Waals surface area contributed by atoms with Crippen LogP contribution in [-0.2, 0) is 4.74 Å². The van der Waals surface area contributed by atoms with Gasteiger partial charge in [0, 0.05) is 38.3 Å². The molecule has 0 atom stereocenters. The minimum Gasteiger partial charge on any atom is -0.465 e. The van der Waals surface area contributed by atoms with Crippen LogP contribution < -0.4 is 20.9 Å². The van der Waals surface area contributed by atoms with Crippen molar-refractivity contribution in [1.29, 1.82) is 0 Å². The third kappa shape index (κ3) is 11.3. The fraction of sp³-hybridized carbons (Fsp3) is 0.200. The number of thiophene rings is 1. The van der Waals surface area contributed by atoms with Gasteiger partial charge in [-0.1, -0.05) is 48.5 Å². The number of carbonyl (C=O) groups is 4. The van der Waals surface area contributed by atoms with E-state index in [0.717, 1.165) is 15.6 Å². The van der Waals surface area contributed by atoms with Gasteiger partial charge in [0.25, 0.3) is 11.8 Å². The lowest BCUT2D eigenvalue weighted by atomic mass is 9.99.